The number of aryl methyl sites for hydroxylation is 2. The first-order valence-corrected chi connectivity index (χ1v) is 8.16. The Labute approximate surface area is 134 Å². The molecule has 22 heavy (non-hydrogen) atoms. The molecule has 0 N–H and O–H groups in total. The van der Waals surface area contributed by atoms with Gasteiger partial charge in [-0.05, 0) is 65.8 Å². The molecule has 3 aromatic rings. The van der Waals surface area contributed by atoms with Crippen molar-refractivity contribution in [3.8, 4) is 11.1 Å². The van der Waals surface area contributed by atoms with Gasteiger partial charge in [-0.15, -0.1) is 11.3 Å². The molecule has 1 aromatic heterocycles. The lowest BCUT2D eigenvalue weighted by Crippen LogP contribution is -2.00. The molecule has 0 saturated carbocycles. The zero-order chi connectivity index (χ0) is 15.7. The Balaban J connectivity index is 2.04. The maximum atomic E-state index is 11.5. The fourth-order valence-electron chi connectivity index (χ4n) is 2.64. The van der Waals surface area contributed by atoms with E-state index >= 15 is 0 Å². The van der Waals surface area contributed by atoms with Gasteiger partial charge in [-0.25, -0.2) is 4.79 Å². The van der Waals surface area contributed by atoms with Crippen LogP contribution in [-0.4, -0.2) is 13.1 Å². The van der Waals surface area contributed by atoms with E-state index in [1.807, 2.05) is 35.6 Å². The van der Waals surface area contributed by atoms with Gasteiger partial charge in [-0.3, -0.25) is 0 Å². The van der Waals surface area contributed by atoms with Gasteiger partial charge in [0.15, 0.2) is 0 Å². The molecule has 0 bridgehead atoms. The molecule has 0 aliphatic rings. The monoisotopic (exact) mass is 310 g/mol. The van der Waals surface area contributed by atoms with Crippen molar-refractivity contribution < 1.29 is 9.53 Å². The van der Waals surface area contributed by atoms with Crippen LogP contribution in [0, 0.1) is 6.92 Å². The molecular formula is C19H18O2S. The van der Waals surface area contributed by atoms with Gasteiger partial charge in [-0.2, -0.15) is 0 Å². The van der Waals surface area contributed by atoms with Gasteiger partial charge in [0, 0.05) is 9.58 Å². The summed E-state index contributed by atoms with van der Waals surface area (Å²) in [6.45, 7) is 4.34. The zero-order valence-corrected chi connectivity index (χ0v) is 13.8. The van der Waals surface area contributed by atoms with Gasteiger partial charge in [0.25, 0.3) is 0 Å². The summed E-state index contributed by atoms with van der Waals surface area (Å²) in [6, 6.07) is 14.3. The van der Waals surface area contributed by atoms with Gasteiger partial charge in [-0.1, -0.05) is 19.1 Å². The third-order valence-corrected chi connectivity index (χ3v) is 5.27. The SMILES string of the molecule is CCc1cc2cc(-c3ccc(C(=O)OC)cc3)cc(C)c2s1. The summed E-state index contributed by atoms with van der Waals surface area (Å²) >= 11 is 1.88. The maximum absolute atomic E-state index is 11.5. The number of ether oxygens (including phenoxy) is 1. The number of thiophene rings is 1. The zero-order valence-electron chi connectivity index (χ0n) is 13.0. The third-order valence-electron chi connectivity index (χ3n) is 3.84. The lowest BCUT2D eigenvalue weighted by Gasteiger charge is -2.06. The first-order valence-electron chi connectivity index (χ1n) is 7.34. The Hall–Kier alpha value is -2.13. The van der Waals surface area contributed by atoms with Crippen LogP contribution >= 0.6 is 11.3 Å². The van der Waals surface area contributed by atoms with E-state index in [2.05, 4.69) is 32.0 Å². The minimum absolute atomic E-state index is 0.302. The number of fused-ring (bicyclic) bond motifs is 1. The summed E-state index contributed by atoms with van der Waals surface area (Å²) in [4.78, 5) is 12.9. The predicted molar refractivity (Wildman–Crippen MR) is 92.7 cm³/mol. The van der Waals surface area contributed by atoms with E-state index in [9.17, 15) is 4.79 Å². The Kier molecular flexibility index (Phi) is 3.99. The molecule has 2 nitrogen and oxygen atoms in total. The second-order valence-corrected chi connectivity index (χ2v) is 6.48. The molecule has 0 amide bonds. The third kappa shape index (κ3) is 2.64. The minimum atomic E-state index is -0.302. The van der Waals surface area contributed by atoms with Crippen LogP contribution in [0.3, 0.4) is 0 Å². The predicted octanol–water partition coefficient (Wildman–Crippen LogP) is 5.23. The average Bonchev–Trinajstić information content (AvgIpc) is 2.98. The first kappa shape index (κ1) is 14.8. The highest BCUT2D eigenvalue weighted by Gasteiger charge is 2.09. The summed E-state index contributed by atoms with van der Waals surface area (Å²) < 4.78 is 6.10. The number of esters is 1. The number of carbonyl (C=O) groups excluding carboxylic acids is 1. The van der Waals surface area contributed by atoms with Crippen LogP contribution in [0.25, 0.3) is 21.2 Å². The van der Waals surface area contributed by atoms with E-state index in [1.54, 1.807) is 0 Å². The molecule has 0 aliphatic heterocycles. The van der Waals surface area contributed by atoms with Crippen LogP contribution in [0.1, 0.15) is 27.7 Å². The molecule has 3 heteroatoms. The topological polar surface area (TPSA) is 26.3 Å². The molecule has 0 fully saturated rings. The molecule has 0 aliphatic carbocycles. The van der Waals surface area contributed by atoms with Crippen LogP contribution in [0.4, 0.5) is 0 Å². The van der Waals surface area contributed by atoms with Crippen LogP contribution in [0.2, 0.25) is 0 Å². The number of methoxy groups -OCH3 is 1. The molecule has 3 rings (SSSR count). The molecule has 0 saturated heterocycles. The largest absolute Gasteiger partial charge is 0.465 e. The Morgan fingerprint density at radius 3 is 2.45 bits per heavy atom. The molecule has 0 unspecified atom stereocenters. The standard InChI is InChI=1S/C19H18O2S/c1-4-17-11-16-10-15(9-12(2)18(16)22-17)13-5-7-14(8-6-13)19(20)21-3/h5-11H,4H2,1-3H3. The van der Waals surface area contributed by atoms with Crippen LogP contribution in [-0.2, 0) is 11.2 Å². The Morgan fingerprint density at radius 2 is 1.82 bits per heavy atom. The van der Waals surface area contributed by atoms with E-state index in [-0.39, 0.29) is 5.97 Å². The number of benzene rings is 2. The summed E-state index contributed by atoms with van der Waals surface area (Å²) in [5, 5.41) is 1.30. The number of hydrogen-bond donors (Lipinski definition) is 0. The minimum Gasteiger partial charge on any atom is -0.465 e. The molecule has 2 aromatic carbocycles. The molecular weight excluding hydrogens is 292 g/mol. The van der Waals surface area contributed by atoms with Gasteiger partial charge in [0.1, 0.15) is 0 Å². The highest BCUT2D eigenvalue weighted by molar-refractivity contribution is 7.19. The van der Waals surface area contributed by atoms with Crippen molar-refractivity contribution in [3.05, 3.63) is 58.5 Å². The Morgan fingerprint density at radius 1 is 1.09 bits per heavy atom. The second kappa shape index (κ2) is 5.93. The Bertz CT molecular complexity index is 829. The van der Waals surface area contributed by atoms with Crippen LogP contribution in [0.5, 0.6) is 0 Å². The molecule has 1 heterocycles. The molecule has 112 valence electrons. The van der Waals surface area contributed by atoms with E-state index in [4.69, 9.17) is 4.74 Å². The summed E-state index contributed by atoms with van der Waals surface area (Å²) in [5.74, 6) is -0.302. The van der Waals surface area contributed by atoms with Crippen molar-refractivity contribution in [3.63, 3.8) is 0 Å². The van der Waals surface area contributed by atoms with Gasteiger partial charge < -0.3 is 4.74 Å². The first-order chi connectivity index (χ1) is 10.6. The summed E-state index contributed by atoms with van der Waals surface area (Å²) in [7, 11) is 1.40. The normalized spacial score (nSPS) is 10.9. The molecule has 0 radical (unpaired) electrons. The van der Waals surface area contributed by atoms with Crippen LogP contribution < -0.4 is 0 Å². The van der Waals surface area contributed by atoms with Crippen molar-refractivity contribution >= 4 is 27.4 Å². The number of carbonyl (C=O) groups is 1. The van der Waals surface area contributed by atoms with E-state index < -0.39 is 0 Å². The number of hydrogen-bond acceptors (Lipinski definition) is 3. The quantitative estimate of drug-likeness (QED) is 0.619. The average molecular weight is 310 g/mol. The maximum Gasteiger partial charge on any atom is 0.337 e. The second-order valence-electron chi connectivity index (χ2n) is 5.35. The molecule has 0 atom stereocenters. The van der Waals surface area contributed by atoms with Gasteiger partial charge in [0.2, 0.25) is 0 Å². The number of rotatable bonds is 3. The van der Waals surface area contributed by atoms with Crippen molar-refractivity contribution in [1.29, 1.82) is 0 Å². The van der Waals surface area contributed by atoms with Crippen molar-refractivity contribution in [2.75, 3.05) is 7.11 Å². The lowest BCUT2D eigenvalue weighted by atomic mass is 10.0. The van der Waals surface area contributed by atoms with Crippen molar-refractivity contribution in [2.45, 2.75) is 20.3 Å². The summed E-state index contributed by atoms with van der Waals surface area (Å²) in [5.41, 5.74) is 4.17. The van der Waals surface area contributed by atoms with E-state index in [1.165, 1.54) is 33.2 Å². The van der Waals surface area contributed by atoms with Crippen LogP contribution in [0.15, 0.2) is 42.5 Å². The molecule has 0 spiro atoms. The van der Waals surface area contributed by atoms with E-state index in [0.717, 1.165) is 12.0 Å². The summed E-state index contributed by atoms with van der Waals surface area (Å²) in [6.07, 6.45) is 1.07. The van der Waals surface area contributed by atoms with Crippen molar-refractivity contribution in [2.24, 2.45) is 0 Å². The smallest absolute Gasteiger partial charge is 0.337 e. The fourth-order valence-corrected chi connectivity index (χ4v) is 3.69. The van der Waals surface area contributed by atoms with E-state index in [0.29, 0.717) is 5.56 Å². The highest BCUT2D eigenvalue weighted by atomic mass is 32.1. The fraction of sp³-hybridized carbons (Fsp3) is 0.211. The van der Waals surface area contributed by atoms with Gasteiger partial charge in [0.05, 0.1) is 12.7 Å². The lowest BCUT2D eigenvalue weighted by molar-refractivity contribution is 0.0601. The highest BCUT2D eigenvalue weighted by Crippen LogP contribution is 2.33. The van der Waals surface area contributed by atoms with Gasteiger partial charge >= 0.3 is 5.97 Å². The van der Waals surface area contributed by atoms with Crippen molar-refractivity contribution in [1.82, 2.24) is 0 Å².